The molecule has 1 aromatic rings. The summed E-state index contributed by atoms with van der Waals surface area (Å²) >= 11 is 0. The standard InChI is InChI=1S/C20H30F3N5O2/c1-2-24-19(26-11-7-13-28-12-5-3-4-9-17(28)29)27-14-16-8-6-10-25-18(16)30-15-20(21,22)23/h6,8,10H,2-5,7,9,11-15H2,1H3,(H2,24,26,27). The van der Waals surface area contributed by atoms with E-state index in [1.165, 1.54) is 6.20 Å². The summed E-state index contributed by atoms with van der Waals surface area (Å²) in [7, 11) is 0. The van der Waals surface area contributed by atoms with Gasteiger partial charge in [0, 0.05) is 44.4 Å². The zero-order valence-corrected chi connectivity index (χ0v) is 17.3. The van der Waals surface area contributed by atoms with Crippen LogP contribution in [-0.2, 0) is 11.3 Å². The number of carbonyl (C=O) groups is 1. The largest absolute Gasteiger partial charge is 0.468 e. The zero-order chi connectivity index (χ0) is 21.8. The maximum absolute atomic E-state index is 12.4. The van der Waals surface area contributed by atoms with Gasteiger partial charge < -0.3 is 20.3 Å². The molecule has 1 aliphatic heterocycles. The molecule has 1 aliphatic rings. The minimum absolute atomic E-state index is 0.0749. The summed E-state index contributed by atoms with van der Waals surface area (Å²) in [6, 6.07) is 3.26. The highest BCUT2D eigenvalue weighted by atomic mass is 19.4. The zero-order valence-electron chi connectivity index (χ0n) is 17.3. The second kappa shape index (κ2) is 12.2. The summed E-state index contributed by atoms with van der Waals surface area (Å²) in [6.45, 7) is 3.43. The van der Waals surface area contributed by atoms with E-state index in [9.17, 15) is 18.0 Å². The highest BCUT2D eigenvalue weighted by molar-refractivity contribution is 5.79. The molecule has 30 heavy (non-hydrogen) atoms. The summed E-state index contributed by atoms with van der Waals surface area (Å²) in [4.78, 5) is 22.2. The first kappa shape index (κ1) is 23.8. The third-order valence-electron chi connectivity index (χ3n) is 4.54. The Labute approximate surface area is 175 Å². The van der Waals surface area contributed by atoms with Gasteiger partial charge in [-0.2, -0.15) is 13.2 Å². The minimum atomic E-state index is -4.43. The predicted molar refractivity (Wildman–Crippen MR) is 108 cm³/mol. The summed E-state index contributed by atoms with van der Waals surface area (Å²) in [5.74, 6) is 0.690. The van der Waals surface area contributed by atoms with Crippen LogP contribution in [0, 0.1) is 0 Å². The third-order valence-corrected chi connectivity index (χ3v) is 4.54. The van der Waals surface area contributed by atoms with Gasteiger partial charge in [-0.1, -0.05) is 12.5 Å². The molecular formula is C20H30F3N5O2. The molecule has 7 nitrogen and oxygen atoms in total. The van der Waals surface area contributed by atoms with Gasteiger partial charge in [0.05, 0.1) is 6.54 Å². The number of aliphatic imine (C=N–C) groups is 1. The van der Waals surface area contributed by atoms with E-state index in [0.29, 0.717) is 37.6 Å². The molecule has 0 aliphatic carbocycles. The number of halogens is 3. The highest BCUT2D eigenvalue weighted by Gasteiger charge is 2.29. The lowest BCUT2D eigenvalue weighted by Crippen LogP contribution is -2.39. The number of likely N-dealkylation sites (tertiary alicyclic amines) is 1. The summed E-state index contributed by atoms with van der Waals surface area (Å²) in [5, 5.41) is 6.30. The van der Waals surface area contributed by atoms with E-state index in [2.05, 4.69) is 20.6 Å². The first-order valence-corrected chi connectivity index (χ1v) is 10.3. The van der Waals surface area contributed by atoms with Crippen molar-refractivity contribution in [1.82, 2.24) is 20.5 Å². The second-order valence-electron chi connectivity index (χ2n) is 7.04. The Kier molecular flexibility index (Phi) is 9.69. The number of nitrogens with one attached hydrogen (secondary N) is 2. The summed E-state index contributed by atoms with van der Waals surface area (Å²) in [5.41, 5.74) is 0.467. The van der Waals surface area contributed by atoms with Crippen LogP contribution in [0.1, 0.15) is 44.6 Å². The Morgan fingerprint density at radius 2 is 2.13 bits per heavy atom. The van der Waals surface area contributed by atoms with Crippen LogP contribution in [0.2, 0.25) is 0 Å². The molecule has 0 saturated carbocycles. The number of carbonyl (C=O) groups excluding carboxylic acids is 1. The van der Waals surface area contributed by atoms with Crippen LogP contribution in [0.5, 0.6) is 5.88 Å². The molecule has 2 N–H and O–H groups in total. The monoisotopic (exact) mass is 429 g/mol. The van der Waals surface area contributed by atoms with E-state index in [1.54, 1.807) is 12.1 Å². The lowest BCUT2D eigenvalue weighted by atomic mass is 10.2. The van der Waals surface area contributed by atoms with Gasteiger partial charge in [-0.3, -0.25) is 4.79 Å². The van der Waals surface area contributed by atoms with Crippen LogP contribution in [-0.4, -0.2) is 60.7 Å². The maximum atomic E-state index is 12.4. The number of hydrogen-bond donors (Lipinski definition) is 2. The Morgan fingerprint density at radius 3 is 2.90 bits per heavy atom. The van der Waals surface area contributed by atoms with Crippen molar-refractivity contribution in [1.29, 1.82) is 0 Å². The number of ether oxygens (including phenoxy) is 1. The van der Waals surface area contributed by atoms with Crippen LogP contribution in [0.15, 0.2) is 23.3 Å². The van der Waals surface area contributed by atoms with Crippen LogP contribution < -0.4 is 15.4 Å². The number of rotatable bonds is 9. The minimum Gasteiger partial charge on any atom is -0.468 e. The molecule has 1 amide bonds. The van der Waals surface area contributed by atoms with Crippen molar-refractivity contribution in [2.75, 3.05) is 32.8 Å². The van der Waals surface area contributed by atoms with E-state index in [-0.39, 0.29) is 18.3 Å². The third kappa shape index (κ3) is 8.87. The average molecular weight is 429 g/mol. The molecule has 0 atom stereocenters. The molecule has 10 heteroatoms. The highest BCUT2D eigenvalue weighted by Crippen LogP contribution is 2.20. The first-order valence-electron chi connectivity index (χ1n) is 10.3. The van der Waals surface area contributed by atoms with E-state index in [1.807, 2.05) is 11.8 Å². The van der Waals surface area contributed by atoms with E-state index in [4.69, 9.17) is 4.74 Å². The van der Waals surface area contributed by atoms with E-state index in [0.717, 1.165) is 32.2 Å². The van der Waals surface area contributed by atoms with Crippen molar-refractivity contribution in [3.8, 4) is 5.88 Å². The van der Waals surface area contributed by atoms with Gasteiger partial charge in [0.2, 0.25) is 11.8 Å². The molecule has 0 unspecified atom stereocenters. The predicted octanol–water partition coefficient (Wildman–Crippen LogP) is 2.87. The smallest absolute Gasteiger partial charge is 0.422 e. The van der Waals surface area contributed by atoms with Gasteiger partial charge in [-0.15, -0.1) is 0 Å². The average Bonchev–Trinajstić information content (AvgIpc) is 2.91. The fourth-order valence-corrected chi connectivity index (χ4v) is 3.08. The van der Waals surface area contributed by atoms with Crippen molar-refractivity contribution >= 4 is 11.9 Å². The number of hydrogen-bond acceptors (Lipinski definition) is 4. The van der Waals surface area contributed by atoms with Crippen molar-refractivity contribution in [3.63, 3.8) is 0 Å². The van der Waals surface area contributed by atoms with Gasteiger partial charge in [0.15, 0.2) is 12.6 Å². The van der Waals surface area contributed by atoms with Gasteiger partial charge in [0.25, 0.3) is 0 Å². The first-order chi connectivity index (χ1) is 14.4. The van der Waals surface area contributed by atoms with Crippen molar-refractivity contribution < 1.29 is 22.7 Å². The Morgan fingerprint density at radius 1 is 1.30 bits per heavy atom. The van der Waals surface area contributed by atoms with Crippen LogP contribution >= 0.6 is 0 Å². The molecular weight excluding hydrogens is 399 g/mol. The Bertz CT molecular complexity index is 697. The number of amides is 1. The van der Waals surface area contributed by atoms with Gasteiger partial charge in [-0.05, 0) is 32.3 Å². The molecule has 2 heterocycles. The number of aromatic nitrogens is 1. The molecule has 1 aromatic heterocycles. The molecule has 0 bridgehead atoms. The molecule has 2 rings (SSSR count). The normalized spacial score (nSPS) is 15.7. The molecule has 168 valence electrons. The Hall–Kier alpha value is -2.52. The lowest BCUT2D eigenvalue weighted by Gasteiger charge is -2.20. The van der Waals surface area contributed by atoms with Gasteiger partial charge >= 0.3 is 6.18 Å². The number of pyridine rings is 1. The lowest BCUT2D eigenvalue weighted by molar-refractivity contribution is -0.154. The van der Waals surface area contributed by atoms with Crippen molar-refractivity contribution in [2.45, 2.75) is 51.7 Å². The number of guanidine groups is 1. The maximum Gasteiger partial charge on any atom is 0.422 e. The van der Waals surface area contributed by atoms with Crippen molar-refractivity contribution in [2.24, 2.45) is 4.99 Å². The van der Waals surface area contributed by atoms with Crippen LogP contribution in [0.4, 0.5) is 13.2 Å². The number of alkyl halides is 3. The quantitative estimate of drug-likeness (QED) is 0.359. The summed E-state index contributed by atoms with van der Waals surface area (Å²) < 4.78 is 42.0. The van der Waals surface area contributed by atoms with Crippen molar-refractivity contribution in [3.05, 3.63) is 23.9 Å². The molecule has 1 saturated heterocycles. The SMILES string of the molecule is CCNC(=NCc1cccnc1OCC(F)(F)F)NCCCN1CCCCCC1=O. The molecule has 0 aromatic carbocycles. The van der Waals surface area contributed by atoms with Gasteiger partial charge in [-0.25, -0.2) is 9.98 Å². The van der Waals surface area contributed by atoms with Crippen LogP contribution in [0.3, 0.4) is 0 Å². The topological polar surface area (TPSA) is 78.9 Å². The summed E-state index contributed by atoms with van der Waals surface area (Å²) in [6.07, 6.45) is 1.47. The fourth-order valence-electron chi connectivity index (χ4n) is 3.08. The number of nitrogens with zero attached hydrogens (tertiary/aromatic N) is 3. The van der Waals surface area contributed by atoms with Gasteiger partial charge in [0.1, 0.15) is 0 Å². The van der Waals surface area contributed by atoms with Crippen LogP contribution in [0.25, 0.3) is 0 Å². The van der Waals surface area contributed by atoms with E-state index < -0.39 is 12.8 Å². The Balaban J connectivity index is 1.86. The molecule has 1 fully saturated rings. The van der Waals surface area contributed by atoms with E-state index >= 15 is 0 Å². The fraction of sp³-hybridized carbons (Fsp3) is 0.650. The molecule has 0 spiro atoms. The second-order valence-corrected chi connectivity index (χ2v) is 7.04. The molecule has 0 radical (unpaired) electrons.